The molecule has 3 aromatic rings. The minimum atomic E-state index is -1.50. The molecule has 6 rings (SSSR count). The van der Waals surface area contributed by atoms with Crippen molar-refractivity contribution in [1.82, 2.24) is 14.9 Å². The molecular weight excluding hydrogens is 485 g/mol. The van der Waals surface area contributed by atoms with Gasteiger partial charge in [-0.3, -0.25) is 4.79 Å². The summed E-state index contributed by atoms with van der Waals surface area (Å²) in [5.74, 6) is -0.818. The van der Waals surface area contributed by atoms with Crippen LogP contribution >= 0.6 is 0 Å². The van der Waals surface area contributed by atoms with Crippen molar-refractivity contribution in [3.8, 4) is 11.4 Å². The number of esters is 1. The first-order valence-corrected chi connectivity index (χ1v) is 13.9. The van der Waals surface area contributed by atoms with Gasteiger partial charge >= 0.3 is 5.97 Å². The molecule has 0 saturated carbocycles. The van der Waals surface area contributed by atoms with Crippen molar-refractivity contribution in [2.24, 2.45) is 0 Å². The predicted octanol–water partition coefficient (Wildman–Crippen LogP) is 5.04. The summed E-state index contributed by atoms with van der Waals surface area (Å²) in [6.45, 7) is 13.9. The molecule has 0 saturated heterocycles. The Balaban J connectivity index is 0.000000804. The summed E-state index contributed by atoms with van der Waals surface area (Å²) in [6.07, 6.45) is 1.22. The van der Waals surface area contributed by atoms with Gasteiger partial charge in [0.2, 0.25) is 0 Å². The van der Waals surface area contributed by atoms with E-state index in [-0.39, 0.29) is 29.5 Å². The number of aryl methyl sites for hydroxylation is 1. The van der Waals surface area contributed by atoms with Gasteiger partial charge < -0.3 is 19.7 Å². The Bertz CT molecular complexity index is 1450. The number of nitrogens with one attached hydrogen (secondary N) is 1. The number of pyridine rings is 2. The molecule has 2 atom stereocenters. The van der Waals surface area contributed by atoms with Crippen molar-refractivity contribution in [2.45, 2.75) is 86.0 Å². The molecule has 38 heavy (non-hydrogen) atoms. The lowest BCUT2D eigenvalue weighted by Gasteiger charge is -2.29. The van der Waals surface area contributed by atoms with E-state index in [9.17, 15) is 19.1 Å². The van der Waals surface area contributed by atoms with E-state index in [0.717, 1.165) is 54.4 Å². The molecule has 1 aliphatic carbocycles. The molecule has 2 aliphatic heterocycles. The highest BCUT2D eigenvalue weighted by molar-refractivity contribution is 5.93. The molecule has 2 aromatic heterocycles. The van der Waals surface area contributed by atoms with E-state index in [4.69, 9.17) is 9.72 Å². The third kappa shape index (κ3) is 4.33. The van der Waals surface area contributed by atoms with Gasteiger partial charge in [0.25, 0.3) is 5.56 Å². The number of benzene rings is 1. The number of nitrogens with zero attached hydrogens (tertiary/aromatic N) is 2. The van der Waals surface area contributed by atoms with Crippen LogP contribution in [0.3, 0.4) is 0 Å². The average molecular weight is 524 g/mol. The minimum absolute atomic E-state index is 0.152. The average Bonchev–Trinajstić information content (AvgIpc) is 3.31. The van der Waals surface area contributed by atoms with E-state index >= 15 is 0 Å². The summed E-state index contributed by atoms with van der Waals surface area (Å²) in [7, 11) is 0. The van der Waals surface area contributed by atoms with E-state index < -0.39 is 12.1 Å². The van der Waals surface area contributed by atoms with Gasteiger partial charge in [-0.2, -0.15) is 0 Å². The van der Waals surface area contributed by atoms with Crippen molar-refractivity contribution < 1.29 is 19.0 Å². The van der Waals surface area contributed by atoms with E-state index in [1.807, 2.05) is 34.6 Å². The van der Waals surface area contributed by atoms with Crippen LogP contribution in [0.25, 0.3) is 22.3 Å². The van der Waals surface area contributed by atoms with Gasteiger partial charge in [0.1, 0.15) is 12.4 Å². The van der Waals surface area contributed by atoms with Crippen LogP contribution in [0.2, 0.25) is 0 Å². The quantitative estimate of drug-likeness (QED) is 0.287. The Morgan fingerprint density at radius 3 is 2.61 bits per heavy atom. The minimum Gasteiger partial charge on any atom is -0.458 e. The molecule has 0 amide bonds. The Labute approximate surface area is 223 Å². The number of hydrogen-bond acceptors (Lipinski definition) is 6. The standard InChI is InChI=1S/C26H26FN3O4.2C2H6/c1-3-6-28-9-13-4-5-14-12(2)18(27)8-19-22(14)21(13)16-10-30-20(23(16)29-19)7-15-17(25(30)32)11-34-26(33)24(15)31;2*1-2/h7-8,13,24,28,31H,3-6,9-11H2,1-2H3;2*1-2H3/t13-,24?;;/m0../s1. The SMILES string of the molecule is CC.CC.CCCNC[C@@H]1CCc2c(C)c(F)cc3nc4c(c1c23)Cn1c-4cc2c(c1=O)COC(=O)C2O. The number of halogens is 1. The highest BCUT2D eigenvalue weighted by Gasteiger charge is 2.37. The second-order valence-corrected chi connectivity index (χ2v) is 9.51. The maximum absolute atomic E-state index is 14.8. The van der Waals surface area contributed by atoms with Gasteiger partial charge in [0.05, 0.1) is 29.0 Å². The number of fused-ring (bicyclic) bond motifs is 5. The van der Waals surface area contributed by atoms with Crippen LogP contribution in [0.15, 0.2) is 16.9 Å². The van der Waals surface area contributed by atoms with Gasteiger partial charge in [-0.05, 0) is 61.4 Å². The van der Waals surface area contributed by atoms with Crippen LogP contribution in [0.5, 0.6) is 0 Å². The first kappa shape index (κ1) is 27.9. The topological polar surface area (TPSA) is 93.5 Å². The third-order valence-corrected chi connectivity index (χ3v) is 7.58. The smallest absolute Gasteiger partial charge is 0.340 e. The summed E-state index contributed by atoms with van der Waals surface area (Å²) < 4.78 is 21.5. The summed E-state index contributed by atoms with van der Waals surface area (Å²) in [5.41, 5.74) is 5.84. The van der Waals surface area contributed by atoms with E-state index in [1.54, 1.807) is 10.6 Å². The first-order chi connectivity index (χ1) is 18.4. The maximum atomic E-state index is 14.8. The predicted molar refractivity (Wildman–Crippen MR) is 147 cm³/mol. The van der Waals surface area contributed by atoms with Crippen LogP contribution in [-0.4, -0.2) is 33.7 Å². The van der Waals surface area contributed by atoms with Crippen LogP contribution in [0.4, 0.5) is 4.39 Å². The van der Waals surface area contributed by atoms with Crippen molar-refractivity contribution >= 4 is 16.9 Å². The van der Waals surface area contributed by atoms with Crippen molar-refractivity contribution in [1.29, 1.82) is 0 Å². The number of ether oxygens (including phenoxy) is 1. The van der Waals surface area contributed by atoms with Gasteiger partial charge in [-0.1, -0.05) is 34.6 Å². The second-order valence-electron chi connectivity index (χ2n) is 9.51. The monoisotopic (exact) mass is 523 g/mol. The van der Waals surface area contributed by atoms with Gasteiger partial charge in [-0.15, -0.1) is 0 Å². The van der Waals surface area contributed by atoms with Crippen molar-refractivity contribution in [2.75, 3.05) is 13.1 Å². The fourth-order valence-corrected chi connectivity index (χ4v) is 5.85. The van der Waals surface area contributed by atoms with Crippen molar-refractivity contribution in [3.05, 3.63) is 61.7 Å². The van der Waals surface area contributed by atoms with Crippen LogP contribution < -0.4 is 10.9 Å². The Morgan fingerprint density at radius 2 is 1.89 bits per heavy atom. The zero-order valence-corrected chi connectivity index (χ0v) is 23.2. The maximum Gasteiger partial charge on any atom is 0.340 e. The van der Waals surface area contributed by atoms with E-state index in [2.05, 4.69) is 12.2 Å². The molecule has 0 spiro atoms. The number of aliphatic hydroxyl groups excluding tert-OH is 1. The fraction of sp³-hybridized carbons (Fsp3) is 0.500. The normalized spacial score (nSPS) is 18.4. The first-order valence-electron chi connectivity index (χ1n) is 13.9. The number of rotatable bonds is 4. The fourth-order valence-electron chi connectivity index (χ4n) is 5.85. The summed E-state index contributed by atoms with van der Waals surface area (Å²) >= 11 is 0. The van der Waals surface area contributed by atoms with Gasteiger partial charge in [0.15, 0.2) is 6.10 Å². The van der Waals surface area contributed by atoms with Crippen LogP contribution in [-0.2, 0) is 29.1 Å². The largest absolute Gasteiger partial charge is 0.458 e. The lowest BCUT2D eigenvalue weighted by molar-refractivity contribution is -0.157. The second kappa shape index (κ2) is 11.3. The Morgan fingerprint density at radius 1 is 1.16 bits per heavy atom. The van der Waals surface area contributed by atoms with E-state index in [1.165, 1.54) is 6.07 Å². The highest BCUT2D eigenvalue weighted by atomic mass is 19.1. The molecule has 3 aliphatic rings. The number of cyclic esters (lactones) is 1. The number of hydrogen-bond donors (Lipinski definition) is 2. The summed E-state index contributed by atoms with van der Waals surface area (Å²) in [4.78, 5) is 30.1. The van der Waals surface area contributed by atoms with E-state index in [0.29, 0.717) is 34.6 Å². The number of aromatic nitrogens is 2. The lowest BCUT2D eigenvalue weighted by atomic mass is 9.78. The molecule has 0 bridgehead atoms. The highest BCUT2D eigenvalue weighted by Crippen LogP contribution is 2.45. The van der Waals surface area contributed by atoms with Crippen LogP contribution in [0.1, 0.15) is 92.9 Å². The molecule has 4 heterocycles. The third-order valence-electron chi connectivity index (χ3n) is 7.58. The Kier molecular flexibility index (Phi) is 8.33. The molecule has 0 fully saturated rings. The number of aliphatic hydroxyl groups is 1. The molecule has 204 valence electrons. The van der Waals surface area contributed by atoms with Gasteiger partial charge in [-0.25, -0.2) is 14.2 Å². The molecular formula is C30H38FN3O4. The molecule has 2 N–H and O–H groups in total. The number of carbonyl (C=O) groups excluding carboxylic acids is 1. The Hall–Kier alpha value is -3.10. The zero-order valence-electron chi connectivity index (χ0n) is 23.2. The molecule has 1 unspecified atom stereocenters. The lowest BCUT2D eigenvalue weighted by Crippen LogP contribution is -2.32. The van der Waals surface area contributed by atoms with Crippen LogP contribution in [0, 0.1) is 12.7 Å². The van der Waals surface area contributed by atoms with Gasteiger partial charge in [0, 0.05) is 29.1 Å². The zero-order chi connectivity index (χ0) is 27.7. The molecule has 7 nitrogen and oxygen atoms in total. The summed E-state index contributed by atoms with van der Waals surface area (Å²) in [5, 5.41) is 14.9. The molecule has 8 heteroatoms. The molecule has 1 aromatic carbocycles. The summed E-state index contributed by atoms with van der Waals surface area (Å²) in [6, 6.07) is 3.17. The van der Waals surface area contributed by atoms with Crippen molar-refractivity contribution in [3.63, 3.8) is 0 Å². The molecule has 0 radical (unpaired) electrons. The number of carbonyl (C=O) groups is 1.